The number of ether oxygens (including phenoxy) is 1. The second-order valence-corrected chi connectivity index (χ2v) is 5.10. The summed E-state index contributed by atoms with van der Waals surface area (Å²) in [6, 6.07) is 0. The van der Waals surface area contributed by atoms with E-state index < -0.39 is 18.2 Å². The molecule has 2 N–H and O–H groups in total. The third-order valence-corrected chi connectivity index (χ3v) is 3.93. The zero-order valence-electron chi connectivity index (χ0n) is 10.1. The Morgan fingerprint density at radius 3 is 2.47 bits per heavy atom. The van der Waals surface area contributed by atoms with Crippen molar-refractivity contribution in [3.63, 3.8) is 0 Å². The lowest BCUT2D eigenvalue weighted by atomic mass is 10.0. The molecule has 2 atom stereocenters. The maximum atomic E-state index is 11.8. The highest BCUT2D eigenvalue weighted by Crippen LogP contribution is 2.47. The highest BCUT2D eigenvalue weighted by molar-refractivity contribution is 5.82. The molecule has 1 aliphatic carbocycles. The molecule has 1 aliphatic heterocycles. The molecule has 0 aromatic carbocycles. The van der Waals surface area contributed by atoms with Gasteiger partial charge in [0.25, 0.3) is 0 Å². The van der Waals surface area contributed by atoms with Crippen LogP contribution in [-0.4, -0.2) is 35.7 Å². The molecule has 5 heteroatoms. The molecule has 1 amide bonds. The number of rotatable bonds is 5. The topological polar surface area (TPSA) is 75.6 Å². The van der Waals surface area contributed by atoms with Crippen LogP contribution in [0.5, 0.6) is 0 Å². The Morgan fingerprint density at radius 2 is 2.00 bits per heavy atom. The minimum absolute atomic E-state index is 0.159. The van der Waals surface area contributed by atoms with Gasteiger partial charge in [0.05, 0.1) is 0 Å². The first-order valence-corrected chi connectivity index (χ1v) is 6.22. The molecule has 0 spiro atoms. The van der Waals surface area contributed by atoms with E-state index in [4.69, 9.17) is 9.84 Å². The van der Waals surface area contributed by atoms with Crippen molar-refractivity contribution in [3.8, 4) is 0 Å². The van der Waals surface area contributed by atoms with E-state index in [0.717, 1.165) is 6.42 Å². The molecule has 17 heavy (non-hydrogen) atoms. The zero-order chi connectivity index (χ0) is 12.5. The minimum Gasteiger partial charge on any atom is -0.479 e. The Kier molecular flexibility index (Phi) is 3.38. The Balaban J connectivity index is 1.76. The Hall–Kier alpha value is -1.10. The summed E-state index contributed by atoms with van der Waals surface area (Å²) in [6.07, 6.45) is 2.96. The van der Waals surface area contributed by atoms with E-state index in [9.17, 15) is 9.59 Å². The van der Waals surface area contributed by atoms with Gasteiger partial charge in [0.2, 0.25) is 5.91 Å². The van der Waals surface area contributed by atoms with Crippen molar-refractivity contribution < 1.29 is 19.4 Å². The average Bonchev–Trinajstić information content (AvgIpc) is 2.92. The lowest BCUT2D eigenvalue weighted by Crippen LogP contribution is -2.38. The molecular formula is C12H19NO4. The zero-order valence-corrected chi connectivity index (χ0v) is 10.1. The van der Waals surface area contributed by atoms with Gasteiger partial charge in [-0.25, -0.2) is 4.79 Å². The van der Waals surface area contributed by atoms with Crippen LogP contribution in [0.1, 0.15) is 39.0 Å². The molecule has 1 saturated heterocycles. The van der Waals surface area contributed by atoms with Gasteiger partial charge in [0.1, 0.15) is 6.10 Å². The fraction of sp³-hybridized carbons (Fsp3) is 0.833. The molecule has 0 unspecified atom stereocenters. The first-order chi connectivity index (χ1) is 8.06. The van der Waals surface area contributed by atoms with Gasteiger partial charge in [0, 0.05) is 6.54 Å². The van der Waals surface area contributed by atoms with Gasteiger partial charge in [0.15, 0.2) is 6.10 Å². The summed E-state index contributed by atoms with van der Waals surface area (Å²) in [6.45, 7) is 2.83. The molecule has 5 nitrogen and oxygen atoms in total. The number of hydrogen-bond acceptors (Lipinski definition) is 3. The summed E-state index contributed by atoms with van der Waals surface area (Å²) < 4.78 is 5.19. The Labute approximate surface area is 101 Å². The van der Waals surface area contributed by atoms with Crippen LogP contribution in [-0.2, 0) is 14.3 Å². The van der Waals surface area contributed by atoms with Crippen molar-refractivity contribution in [1.82, 2.24) is 5.32 Å². The molecular weight excluding hydrogens is 222 g/mol. The van der Waals surface area contributed by atoms with E-state index in [-0.39, 0.29) is 5.91 Å². The van der Waals surface area contributed by atoms with Crippen molar-refractivity contribution >= 4 is 11.9 Å². The molecule has 0 aromatic rings. The first kappa shape index (κ1) is 12.4. The van der Waals surface area contributed by atoms with Crippen LogP contribution in [0, 0.1) is 5.41 Å². The van der Waals surface area contributed by atoms with Crippen LogP contribution in [0.3, 0.4) is 0 Å². The second-order valence-electron chi connectivity index (χ2n) is 5.10. The fourth-order valence-electron chi connectivity index (χ4n) is 2.23. The predicted molar refractivity (Wildman–Crippen MR) is 60.5 cm³/mol. The van der Waals surface area contributed by atoms with Crippen LogP contribution < -0.4 is 5.32 Å². The quantitative estimate of drug-likeness (QED) is 0.750. The van der Waals surface area contributed by atoms with E-state index in [1.54, 1.807) is 0 Å². The van der Waals surface area contributed by atoms with Crippen LogP contribution >= 0.6 is 0 Å². The SMILES string of the molecule is CCC1(CNC(=O)[C@@H]2CC[C@H](C(=O)O)O2)CC1. The summed E-state index contributed by atoms with van der Waals surface area (Å²) in [4.78, 5) is 22.5. The molecule has 2 aliphatic rings. The van der Waals surface area contributed by atoms with E-state index >= 15 is 0 Å². The van der Waals surface area contributed by atoms with Gasteiger partial charge in [-0.1, -0.05) is 6.92 Å². The average molecular weight is 241 g/mol. The molecule has 0 bridgehead atoms. The number of aliphatic carboxylic acids is 1. The van der Waals surface area contributed by atoms with Crippen molar-refractivity contribution in [1.29, 1.82) is 0 Å². The predicted octanol–water partition coefficient (Wildman–Crippen LogP) is 0.925. The van der Waals surface area contributed by atoms with Crippen LogP contribution in [0.4, 0.5) is 0 Å². The lowest BCUT2D eigenvalue weighted by Gasteiger charge is -2.16. The molecule has 1 saturated carbocycles. The summed E-state index contributed by atoms with van der Waals surface area (Å²) in [5.74, 6) is -1.14. The van der Waals surface area contributed by atoms with Crippen LogP contribution in [0.2, 0.25) is 0 Å². The first-order valence-electron chi connectivity index (χ1n) is 6.22. The minimum atomic E-state index is -0.979. The Bertz CT molecular complexity index is 324. The standard InChI is InChI=1S/C12H19NO4/c1-2-12(5-6-12)7-13-10(14)8-3-4-9(17-8)11(15)16/h8-9H,2-7H2,1H3,(H,13,14)(H,15,16)/t8-,9+/m0/s1. The largest absolute Gasteiger partial charge is 0.479 e. The molecule has 2 fully saturated rings. The lowest BCUT2D eigenvalue weighted by molar-refractivity contribution is -0.151. The highest BCUT2D eigenvalue weighted by Gasteiger charge is 2.42. The van der Waals surface area contributed by atoms with E-state index in [0.29, 0.717) is 24.8 Å². The summed E-state index contributed by atoms with van der Waals surface area (Å²) in [7, 11) is 0. The normalized spacial score (nSPS) is 29.9. The van der Waals surface area contributed by atoms with Gasteiger partial charge >= 0.3 is 5.97 Å². The number of hydrogen-bond donors (Lipinski definition) is 2. The van der Waals surface area contributed by atoms with Gasteiger partial charge < -0.3 is 15.2 Å². The molecule has 2 rings (SSSR count). The number of nitrogens with one attached hydrogen (secondary N) is 1. The third-order valence-electron chi connectivity index (χ3n) is 3.93. The van der Waals surface area contributed by atoms with Crippen molar-refractivity contribution in [2.24, 2.45) is 5.41 Å². The molecule has 1 heterocycles. The maximum absolute atomic E-state index is 11.8. The van der Waals surface area contributed by atoms with Crippen LogP contribution in [0.25, 0.3) is 0 Å². The molecule has 0 aromatic heterocycles. The van der Waals surface area contributed by atoms with Gasteiger partial charge in [-0.05, 0) is 37.5 Å². The number of amides is 1. The number of carbonyl (C=O) groups excluding carboxylic acids is 1. The van der Waals surface area contributed by atoms with E-state index in [1.165, 1.54) is 12.8 Å². The van der Waals surface area contributed by atoms with Gasteiger partial charge in [-0.2, -0.15) is 0 Å². The summed E-state index contributed by atoms with van der Waals surface area (Å²) in [5.41, 5.74) is 0.306. The number of carboxylic acid groups (broad SMARTS) is 1. The molecule has 96 valence electrons. The van der Waals surface area contributed by atoms with Crippen LogP contribution in [0.15, 0.2) is 0 Å². The highest BCUT2D eigenvalue weighted by atomic mass is 16.5. The Morgan fingerprint density at radius 1 is 1.35 bits per heavy atom. The van der Waals surface area contributed by atoms with E-state index in [2.05, 4.69) is 12.2 Å². The maximum Gasteiger partial charge on any atom is 0.332 e. The van der Waals surface area contributed by atoms with Gasteiger partial charge in [-0.15, -0.1) is 0 Å². The number of carbonyl (C=O) groups is 2. The fourth-order valence-corrected chi connectivity index (χ4v) is 2.23. The van der Waals surface area contributed by atoms with Crippen molar-refractivity contribution in [2.45, 2.75) is 51.2 Å². The second kappa shape index (κ2) is 4.64. The summed E-state index contributed by atoms with van der Waals surface area (Å²) >= 11 is 0. The molecule has 0 radical (unpaired) electrons. The van der Waals surface area contributed by atoms with Gasteiger partial charge in [-0.3, -0.25) is 4.79 Å². The monoisotopic (exact) mass is 241 g/mol. The van der Waals surface area contributed by atoms with E-state index in [1.807, 2.05) is 0 Å². The smallest absolute Gasteiger partial charge is 0.332 e. The number of carboxylic acids is 1. The van der Waals surface area contributed by atoms with Crippen molar-refractivity contribution in [2.75, 3.05) is 6.54 Å². The van der Waals surface area contributed by atoms with Crippen molar-refractivity contribution in [3.05, 3.63) is 0 Å². The third kappa shape index (κ3) is 2.77. The summed E-state index contributed by atoms with van der Waals surface area (Å²) in [5, 5.41) is 11.6.